The van der Waals surface area contributed by atoms with Gasteiger partial charge < -0.3 is 9.88 Å². The molecule has 1 aromatic heterocycles. The monoisotopic (exact) mass is 496 g/mol. The molecule has 27 heavy (non-hydrogen) atoms. The molecule has 0 saturated heterocycles. The Morgan fingerprint density at radius 1 is 1.11 bits per heavy atom. The van der Waals surface area contributed by atoms with Gasteiger partial charge in [0.25, 0.3) is 5.91 Å². The molecule has 0 unspecified atom stereocenters. The number of hydrogen-bond acceptors (Lipinski definition) is 2. The second-order valence-corrected chi connectivity index (χ2v) is 8.33. The molecule has 2 rings (SSSR count). The van der Waals surface area contributed by atoms with Crippen molar-refractivity contribution in [3.8, 4) is 0 Å². The number of carbonyl (C=O) groups is 1. The van der Waals surface area contributed by atoms with E-state index in [9.17, 15) is 9.59 Å². The van der Waals surface area contributed by atoms with Gasteiger partial charge in [0.15, 0.2) is 0 Å². The number of hydrogen-bond donors (Lipinski definition) is 1. The van der Waals surface area contributed by atoms with Gasteiger partial charge in [-0.3, -0.25) is 9.59 Å². The van der Waals surface area contributed by atoms with Crippen LogP contribution in [0.2, 0.25) is 0 Å². The zero-order chi connectivity index (χ0) is 20.3. The van der Waals surface area contributed by atoms with Gasteiger partial charge >= 0.3 is 0 Å². The van der Waals surface area contributed by atoms with E-state index in [1.54, 1.807) is 0 Å². The van der Waals surface area contributed by atoms with E-state index in [-0.39, 0.29) is 16.9 Å². The predicted molar refractivity (Wildman–Crippen MR) is 119 cm³/mol. The molecule has 0 aliphatic rings. The summed E-state index contributed by atoms with van der Waals surface area (Å²) in [6.07, 6.45) is 3.11. The van der Waals surface area contributed by atoms with Crippen LogP contribution in [0.4, 0.5) is 5.69 Å². The number of nitrogens with one attached hydrogen (secondary N) is 1. The molecule has 1 N–H and O–H groups in total. The molecule has 1 amide bonds. The summed E-state index contributed by atoms with van der Waals surface area (Å²) < 4.78 is 3.37. The van der Waals surface area contributed by atoms with Crippen molar-refractivity contribution >= 4 is 43.5 Å². The van der Waals surface area contributed by atoms with E-state index in [0.717, 1.165) is 51.9 Å². The fourth-order valence-electron chi connectivity index (χ4n) is 3.31. The lowest BCUT2D eigenvalue weighted by Crippen LogP contribution is -2.29. The second-order valence-electron chi connectivity index (χ2n) is 6.62. The van der Waals surface area contributed by atoms with E-state index in [2.05, 4.69) is 51.0 Å². The minimum absolute atomic E-state index is 0.226. The SMILES string of the molecule is CCCc1c(C(=O)Nc2c(CC)cc(Br)cc2CC)c(=O)c(Br)c(C)n1C. The highest BCUT2D eigenvalue weighted by molar-refractivity contribution is 9.10. The molecule has 6 heteroatoms. The largest absolute Gasteiger partial charge is 0.350 e. The van der Waals surface area contributed by atoms with Gasteiger partial charge in [0.1, 0.15) is 5.56 Å². The van der Waals surface area contributed by atoms with E-state index in [0.29, 0.717) is 10.9 Å². The molecule has 1 aromatic carbocycles. The van der Waals surface area contributed by atoms with Crippen LogP contribution in [-0.4, -0.2) is 10.5 Å². The molecular formula is C21H26Br2N2O2. The summed E-state index contributed by atoms with van der Waals surface area (Å²) in [4.78, 5) is 26.1. The van der Waals surface area contributed by atoms with Crippen LogP contribution in [0.5, 0.6) is 0 Å². The molecule has 0 atom stereocenters. The molecule has 0 bridgehead atoms. The number of nitrogens with zero attached hydrogens (tertiary/aromatic N) is 1. The first kappa shape index (κ1) is 21.9. The van der Waals surface area contributed by atoms with Crippen LogP contribution in [-0.2, 0) is 26.3 Å². The normalized spacial score (nSPS) is 10.9. The minimum Gasteiger partial charge on any atom is -0.350 e. The number of aromatic nitrogens is 1. The van der Waals surface area contributed by atoms with E-state index in [4.69, 9.17) is 0 Å². The van der Waals surface area contributed by atoms with Gasteiger partial charge in [-0.05, 0) is 65.4 Å². The predicted octanol–water partition coefficient (Wildman–Crippen LogP) is 5.55. The Balaban J connectivity index is 2.63. The molecule has 0 aliphatic heterocycles. The minimum atomic E-state index is -0.341. The average molecular weight is 498 g/mol. The first-order valence-electron chi connectivity index (χ1n) is 9.27. The van der Waals surface area contributed by atoms with Crippen LogP contribution in [0.25, 0.3) is 0 Å². The van der Waals surface area contributed by atoms with E-state index >= 15 is 0 Å². The summed E-state index contributed by atoms with van der Waals surface area (Å²) >= 11 is 6.90. The highest BCUT2D eigenvalue weighted by Crippen LogP contribution is 2.28. The van der Waals surface area contributed by atoms with Crippen LogP contribution in [0.3, 0.4) is 0 Å². The van der Waals surface area contributed by atoms with Gasteiger partial charge in [-0.25, -0.2) is 0 Å². The van der Waals surface area contributed by atoms with Gasteiger partial charge in [0, 0.05) is 28.6 Å². The summed E-state index contributed by atoms with van der Waals surface area (Å²) in [5, 5.41) is 3.04. The molecule has 0 fully saturated rings. The third-order valence-corrected chi connectivity index (χ3v) is 6.31. The van der Waals surface area contributed by atoms with Crippen LogP contribution in [0.1, 0.15) is 60.1 Å². The first-order chi connectivity index (χ1) is 12.8. The molecule has 146 valence electrons. The molecular weight excluding hydrogens is 472 g/mol. The van der Waals surface area contributed by atoms with Gasteiger partial charge in [-0.1, -0.05) is 43.1 Å². The zero-order valence-electron chi connectivity index (χ0n) is 16.5. The lowest BCUT2D eigenvalue weighted by Gasteiger charge is -2.19. The zero-order valence-corrected chi connectivity index (χ0v) is 19.7. The fourth-order valence-corrected chi connectivity index (χ4v) is 4.32. The summed E-state index contributed by atoms with van der Waals surface area (Å²) in [7, 11) is 1.90. The van der Waals surface area contributed by atoms with Gasteiger partial charge in [-0.2, -0.15) is 0 Å². The Bertz CT molecular complexity index is 908. The number of anilines is 1. The maximum absolute atomic E-state index is 13.2. The van der Waals surface area contributed by atoms with Crippen LogP contribution in [0, 0.1) is 6.92 Å². The summed E-state index contributed by atoms with van der Waals surface area (Å²) in [6, 6.07) is 4.04. The van der Waals surface area contributed by atoms with Crippen LogP contribution >= 0.6 is 31.9 Å². The summed E-state index contributed by atoms with van der Waals surface area (Å²) in [5.74, 6) is -0.341. The van der Waals surface area contributed by atoms with Crippen molar-refractivity contribution in [2.45, 2.75) is 53.4 Å². The Morgan fingerprint density at radius 2 is 1.67 bits per heavy atom. The number of aryl methyl sites for hydroxylation is 2. The number of pyridine rings is 1. The molecule has 0 radical (unpaired) electrons. The van der Waals surface area contributed by atoms with Crippen molar-refractivity contribution in [2.75, 3.05) is 5.32 Å². The highest BCUT2D eigenvalue weighted by Gasteiger charge is 2.23. The third kappa shape index (κ3) is 4.37. The van der Waals surface area contributed by atoms with Crippen molar-refractivity contribution in [1.82, 2.24) is 4.57 Å². The standard InChI is InChI=1S/C21H26Br2N2O2/c1-6-9-16-17(20(26)18(23)12(4)25(16)5)21(27)24-19-13(7-2)10-15(22)11-14(19)8-3/h10-11H,6-9H2,1-5H3,(H,24,27). The fraction of sp³-hybridized carbons (Fsp3) is 0.429. The number of rotatable bonds is 6. The number of amides is 1. The molecule has 1 heterocycles. The van der Waals surface area contributed by atoms with Crippen molar-refractivity contribution in [2.24, 2.45) is 7.05 Å². The van der Waals surface area contributed by atoms with Crippen molar-refractivity contribution in [3.05, 3.63) is 59.4 Å². The maximum atomic E-state index is 13.2. The quantitative estimate of drug-likeness (QED) is 0.568. The van der Waals surface area contributed by atoms with Crippen molar-refractivity contribution in [1.29, 1.82) is 0 Å². The Kier molecular flexibility index (Phi) is 7.46. The topological polar surface area (TPSA) is 51.1 Å². The van der Waals surface area contributed by atoms with E-state index in [1.165, 1.54) is 0 Å². The van der Waals surface area contributed by atoms with Gasteiger partial charge in [0.2, 0.25) is 5.43 Å². The van der Waals surface area contributed by atoms with Crippen LogP contribution in [0.15, 0.2) is 25.9 Å². The summed E-state index contributed by atoms with van der Waals surface area (Å²) in [6.45, 7) is 8.04. The molecule has 0 aliphatic carbocycles. The third-order valence-electron chi connectivity index (χ3n) is 4.92. The molecule has 4 nitrogen and oxygen atoms in total. The van der Waals surface area contributed by atoms with Crippen molar-refractivity contribution < 1.29 is 4.79 Å². The maximum Gasteiger partial charge on any atom is 0.261 e. The van der Waals surface area contributed by atoms with E-state index in [1.807, 2.05) is 37.6 Å². The lowest BCUT2D eigenvalue weighted by molar-refractivity contribution is 0.102. The Morgan fingerprint density at radius 3 is 2.15 bits per heavy atom. The highest BCUT2D eigenvalue weighted by atomic mass is 79.9. The Labute approximate surface area is 177 Å². The van der Waals surface area contributed by atoms with E-state index < -0.39 is 0 Å². The number of carbonyl (C=O) groups excluding carboxylic acids is 1. The first-order valence-corrected chi connectivity index (χ1v) is 10.9. The van der Waals surface area contributed by atoms with Crippen LogP contribution < -0.4 is 10.7 Å². The molecule has 0 spiro atoms. The summed E-state index contributed by atoms with van der Waals surface area (Å²) in [5.41, 5.74) is 4.49. The average Bonchev–Trinajstić information content (AvgIpc) is 2.65. The smallest absolute Gasteiger partial charge is 0.261 e. The number of benzene rings is 1. The Hall–Kier alpha value is -1.40. The lowest BCUT2D eigenvalue weighted by atomic mass is 10.0. The molecule has 0 saturated carbocycles. The van der Waals surface area contributed by atoms with Crippen molar-refractivity contribution in [3.63, 3.8) is 0 Å². The second kappa shape index (κ2) is 9.20. The van der Waals surface area contributed by atoms with Gasteiger partial charge in [0.05, 0.1) is 4.47 Å². The number of halogens is 2. The van der Waals surface area contributed by atoms with Gasteiger partial charge in [-0.15, -0.1) is 0 Å². The molecule has 2 aromatic rings.